The molecule has 0 aliphatic heterocycles. The van der Waals surface area contributed by atoms with Crippen LogP contribution in [0, 0.1) is 0 Å². The van der Waals surface area contributed by atoms with Crippen molar-refractivity contribution in [1.82, 2.24) is 0 Å². The van der Waals surface area contributed by atoms with Gasteiger partial charge in [-0.15, -0.1) is 0 Å². The Hall–Kier alpha value is -1.67. The van der Waals surface area contributed by atoms with Crippen LogP contribution in [0.2, 0.25) is 63.5 Å². The zero-order valence-electron chi connectivity index (χ0n) is 27.9. The Bertz CT molecular complexity index is 840. The zero-order chi connectivity index (χ0) is 33.3. The minimum atomic E-state index is -3.45. The number of rotatable bonds is 23. The second-order valence-corrected chi connectivity index (χ2v) is 28.5. The number of carbonyl (C=O) groups is 4. The fraction of sp³-hybridized carbons (Fsp3) is 0.778. The molecule has 0 aromatic carbocycles. The van der Waals surface area contributed by atoms with Crippen molar-refractivity contribution in [3.63, 3.8) is 0 Å². The van der Waals surface area contributed by atoms with Gasteiger partial charge >= 0.3 is 32.7 Å². The van der Waals surface area contributed by atoms with Gasteiger partial charge in [-0.2, -0.15) is 0 Å². The number of hydrogen-bond acceptors (Lipinski definition) is 12. The fourth-order valence-corrected chi connectivity index (χ4v) is 20.3. The van der Waals surface area contributed by atoms with Crippen molar-refractivity contribution in [2.24, 2.45) is 0 Å². The highest BCUT2D eigenvalue weighted by atomic mass is 28.5. The summed E-state index contributed by atoms with van der Waals surface area (Å²) < 4.78 is 47.4. The molecule has 0 rings (SSSR count). The minimum absolute atomic E-state index is 0.111. The molecule has 0 amide bonds. The first-order chi connectivity index (χ1) is 19.7. The topological polar surface area (TPSA) is 142 Å². The summed E-state index contributed by atoms with van der Waals surface area (Å²) >= 11 is 0. The maximum atomic E-state index is 11.6. The molecule has 0 unspecified atom stereocenters. The standard InChI is InChI=1S/C27H54O12Si4/c1-23(2)27(31)36-15-14-32-13-12-19-43(37-40(6,7)20-16-33-24(3)28,38-41(8,9)21-17-34-25(4)29)39-42(10,11)22-18-35-26(5)30/h1,12-22H2,2-11H3. The van der Waals surface area contributed by atoms with Crippen LogP contribution in [0.25, 0.3) is 0 Å². The summed E-state index contributed by atoms with van der Waals surface area (Å²) in [5.74, 6) is -1.53. The summed E-state index contributed by atoms with van der Waals surface area (Å²) in [6, 6.07) is 2.09. The maximum absolute atomic E-state index is 11.6. The number of ether oxygens (including phenoxy) is 5. The van der Waals surface area contributed by atoms with Crippen LogP contribution in [0.1, 0.15) is 34.1 Å². The summed E-state index contributed by atoms with van der Waals surface area (Å²) in [5, 5.41) is 0. The second-order valence-electron chi connectivity index (χ2n) is 12.2. The summed E-state index contributed by atoms with van der Waals surface area (Å²) in [4.78, 5) is 45.8. The van der Waals surface area contributed by atoms with Crippen molar-refractivity contribution < 1.29 is 55.2 Å². The molecule has 0 aliphatic carbocycles. The van der Waals surface area contributed by atoms with E-state index in [4.69, 9.17) is 36.0 Å². The van der Waals surface area contributed by atoms with Crippen LogP contribution in [-0.4, -0.2) is 97.3 Å². The van der Waals surface area contributed by atoms with Crippen LogP contribution in [0.5, 0.6) is 0 Å². The Morgan fingerprint density at radius 2 is 0.884 bits per heavy atom. The quantitative estimate of drug-likeness (QED) is 0.0480. The van der Waals surface area contributed by atoms with Gasteiger partial charge in [0.05, 0.1) is 26.4 Å². The molecule has 0 heterocycles. The van der Waals surface area contributed by atoms with Gasteiger partial charge in [-0.05, 0) is 70.8 Å². The van der Waals surface area contributed by atoms with Crippen LogP contribution in [0.4, 0.5) is 0 Å². The van der Waals surface area contributed by atoms with Crippen molar-refractivity contribution in [3.8, 4) is 0 Å². The average molecular weight is 683 g/mol. The summed E-state index contributed by atoms with van der Waals surface area (Å²) in [7, 11) is -11.0. The van der Waals surface area contributed by atoms with E-state index in [1.54, 1.807) is 6.92 Å². The minimum Gasteiger partial charge on any atom is -0.466 e. The van der Waals surface area contributed by atoms with Gasteiger partial charge in [0.2, 0.25) is 0 Å². The molecule has 12 nitrogen and oxygen atoms in total. The molecular weight excluding hydrogens is 629 g/mol. The zero-order valence-corrected chi connectivity index (χ0v) is 31.9. The van der Waals surface area contributed by atoms with Gasteiger partial charge < -0.3 is 36.0 Å². The van der Waals surface area contributed by atoms with Crippen molar-refractivity contribution in [2.45, 2.75) is 97.6 Å². The first-order valence-corrected chi connectivity index (χ1v) is 25.9. The van der Waals surface area contributed by atoms with Gasteiger partial charge in [0.15, 0.2) is 25.0 Å². The van der Waals surface area contributed by atoms with E-state index >= 15 is 0 Å². The van der Waals surface area contributed by atoms with Gasteiger partial charge in [0.25, 0.3) is 0 Å². The summed E-state index contributed by atoms with van der Waals surface area (Å²) in [6.07, 6.45) is 0.554. The first kappa shape index (κ1) is 41.3. The Morgan fingerprint density at radius 3 is 1.21 bits per heavy atom. The van der Waals surface area contributed by atoms with E-state index < -0.39 is 39.7 Å². The lowest BCUT2D eigenvalue weighted by atomic mass is 10.4. The van der Waals surface area contributed by atoms with Gasteiger partial charge in [-0.1, -0.05) is 6.58 Å². The van der Waals surface area contributed by atoms with Crippen LogP contribution in [0.3, 0.4) is 0 Å². The van der Waals surface area contributed by atoms with Crippen LogP contribution in [-0.2, 0) is 55.2 Å². The van der Waals surface area contributed by atoms with E-state index in [0.29, 0.717) is 42.8 Å². The highest BCUT2D eigenvalue weighted by molar-refractivity contribution is 6.90. The molecule has 0 fully saturated rings. The summed E-state index contributed by atoms with van der Waals surface area (Å²) in [5.41, 5.74) is 0.323. The number of esters is 4. The molecule has 0 atom stereocenters. The van der Waals surface area contributed by atoms with E-state index in [1.807, 2.05) is 39.3 Å². The molecule has 0 aromatic rings. The van der Waals surface area contributed by atoms with Gasteiger partial charge in [-0.3, -0.25) is 14.4 Å². The molecule has 16 heteroatoms. The molecule has 0 spiro atoms. The highest BCUT2D eigenvalue weighted by Gasteiger charge is 2.52. The molecule has 0 aromatic heterocycles. The van der Waals surface area contributed by atoms with E-state index in [0.717, 1.165) is 0 Å². The third kappa shape index (κ3) is 21.6. The Morgan fingerprint density at radius 1 is 0.512 bits per heavy atom. The van der Waals surface area contributed by atoms with E-state index in [1.165, 1.54) is 20.8 Å². The third-order valence-electron chi connectivity index (χ3n) is 5.90. The molecule has 0 bridgehead atoms. The van der Waals surface area contributed by atoms with Crippen LogP contribution >= 0.6 is 0 Å². The van der Waals surface area contributed by atoms with Crippen molar-refractivity contribution in [2.75, 3.05) is 39.6 Å². The monoisotopic (exact) mass is 682 g/mol. The normalized spacial score (nSPS) is 12.4. The Balaban J connectivity index is 6.03. The first-order valence-electron chi connectivity index (χ1n) is 14.6. The van der Waals surface area contributed by atoms with Gasteiger partial charge in [0, 0.05) is 39.0 Å². The van der Waals surface area contributed by atoms with E-state index in [2.05, 4.69) is 6.58 Å². The average Bonchev–Trinajstić information content (AvgIpc) is 2.80. The maximum Gasteiger partial charge on any atom is 0.469 e. The molecule has 0 saturated heterocycles. The molecule has 0 aliphatic rings. The number of carbonyl (C=O) groups excluding carboxylic acids is 4. The van der Waals surface area contributed by atoms with Crippen LogP contribution < -0.4 is 0 Å². The lowest BCUT2D eigenvalue weighted by Crippen LogP contribution is -2.62. The van der Waals surface area contributed by atoms with Crippen LogP contribution in [0.15, 0.2) is 12.2 Å². The van der Waals surface area contributed by atoms with Crippen molar-refractivity contribution in [1.29, 1.82) is 0 Å². The van der Waals surface area contributed by atoms with Crippen molar-refractivity contribution >= 4 is 57.6 Å². The number of hydrogen-bond donors (Lipinski definition) is 0. The smallest absolute Gasteiger partial charge is 0.466 e. The lowest BCUT2D eigenvalue weighted by molar-refractivity contribution is -0.141. The predicted molar refractivity (Wildman–Crippen MR) is 172 cm³/mol. The Labute approximate surface area is 261 Å². The highest BCUT2D eigenvalue weighted by Crippen LogP contribution is 2.33. The van der Waals surface area contributed by atoms with Gasteiger partial charge in [0.1, 0.15) is 6.61 Å². The lowest BCUT2D eigenvalue weighted by Gasteiger charge is -2.45. The van der Waals surface area contributed by atoms with Crippen molar-refractivity contribution in [3.05, 3.63) is 12.2 Å². The largest absolute Gasteiger partial charge is 0.469 e. The second kappa shape index (κ2) is 19.7. The summed E-state index contributed by atoms with van der Waals surface area (Å²) in [6.45, 7) is 22.9. The molecule has 0 N–H and O–H groups in total. The molecule has 0 saturated carbocycles. The predicted octanol–water partition coefficient (Wildman–Crippen LogP) is 4.81. The molecule has 43 heavy (non-hydrogen) atoms. The molecular formula is C27H54O12Si4. The fourth-order valence-electron chi connectivity index (χ4n) is 3.76. The molecule has 250 valence electrons. The third-order valence-corrected chi connectivity index (χ3v) is 21.5. The SMILES string of the molecule is C=C(C)C(=O)OCCOCCC[Si](O[Si](C)(C)CCOC(C)=O)(O[Si](C)(C)CCOC(C)=O)O[Si](C)(C)CCOC(C)=O. The van der Waals surface area contributed by atoms with Gasteiger partial charge in [-0.25, -0.2) is 4.79 Å². The van der Waals surface area contributed by atoms with E-state index in [-0.39, 0.29) is 50.9 Å². The van der Waals surface area contributed by atoms with E-state index in [9.17, 15) is 19.2 Å². The molecule has 0 radical (unpaired) electrons. The Kier molecular flexibility index (Phi) is 18.9.